The third kappa shape index (κ3) is 2.90. The molecule has 1 aliphatic rings. The number of hydrogen-bond acceptors (Lipinski definition) is 4. The molecular weight excluding hydrogens is 260 g/mol. The number of carbonyl (C=O) groups is 1. The molecule has 0 radical (unpaired) electrons. The normalized spacial score (nSPS) is 13.7. The average Bonchev–Trinajstić information content (AvgIpc) is 2.77. The van der Waals surface area contributed by atoms with Crippen LogP contribution in [0.5, 0.6) is 0 Å². The lowest BCUT2D eigenvalue weighted by atomic mass is 9.96. The number of anilines is 1. The van der Waals surface area contributed by atoms with Gasteiger partial charge in [-0.05, 0) is 38.2 Å². The Labute approximate surface area is 117 Å². The highest BCUT2D eigenvalue weighted by Crippen LogP contribution is 2.39. The first-order chi connectivity index (χ1) is 9.17. The van der Waals surface area contributed by atoms with Crippen molar-refractivity contribution in [3.05, 3.63) is 16.0 Å². The fourth-order valence-electron chi connectivity index (χ4n) is 2.52. The van der Waals surface area contributed by atoms with Gasteiger partial charge in [0.05, 0.1) is 12.0 Å². The molecule has 19 heavy (non-hydrogen) atoms. The Morgan fingerprint density at radius 2 is 2.21 bits per heavy atom. The summed E-state index contributed by atoms with van der Waals surface area (Å²) in [5.41, 5.74) is 1.99. The van der Waals surface area contributed by atoms with Crippen LogP contribution < -0.4 is 4.90 Å². The van der Waals surface area contributed by atoms with Crippen molar-refractivity contribution in [3.63, 3.8) is 0 Å². The zero-order valence-electron chi connectivity index (χ0n) is 11.1. The van der Waals surface area contributed by atoms with Gasteiger partial charge in [-0.3, -0.25) is 4.79 Å². The Bertz CT molecular complexity index is 516. The summed E-state index contributed by atoms with van der Waals surface area (Å²) in [4.78, 5) is 14.1. The van der Waals surface area contributed by atoms with Gasteiger partial charge in [0.15, 0.2) is 0 Å². The van der Waals surface area contributed by atoms with Crippen LogP contribution in [0.25, 0.3) is 0 Å². The van der Waals surface area contributed by atoms with Gasteiger partial charge >= 0.3 is 5.97 Å². The van der Waals surface area contributed by atoms with E-state index < -0.39 is 5.97 Å². The van der Waals surface area contributed by atoms with Crippen LogP contribution in [0.4, 0.5) is 5.00 Å². The second kappa shape index (κ2) is 6.07. The number of nitrogens with zero attached hydrogens (tertiary/aromatic N) is 2. The highest BCUT2D eigenvalue weighted by atomic mass is 32.1. The highest BCUT2D eigenvalue weighted by molar-refractivity contribution is 7.16. The molecule has 0 fully saturated rings. The smallest absolute Gasteiger partial charge is 0.305 e. The Morgan fingerprint density at radius 1 is 1.47 bits per heavy atom. The van der Waals surface area contributed by atoms with Crippen molar-refractivity contribution < 1.29 is 9.90 Å². The Kier molecular flexibility index (Phi) is 4.43. The number of carboxylic acids is 1. The van der Waals surface area contributed by atoms with Gasteiger partial charge in [-0.15, -0.1) is 11.3 Å². The molecule has 1 aromatic heterocycles. The van der Waals surface area contributed by atoms with Crippen molar-refractivity contribution in [3.8, 4) is 6.07 Å². The van der Waals surface area contributed by atoms with Crippen LogP contribution >= 0.6 is 11.3 Å². The summed E-state index contributed by atoms with van der Waals surface area (Å²) in [7, 11) is 0. The number of aryl methyl sites for hydroxylation is 1. The summed E-state index contributed by atoms with van der Waals surface area (Å²) >= 11 is 1.68. The summed E-state index contributed by atoms with van der Waals surface area (Å²) in [6.07, 6.45) is 4.51. The van der Waals surface area contributed by atoms with E-state index in [-0.39, 0.29) is 6.42 Å². The van der Waals surface area contributed by atoms with Crippen LogP contribution in [-0.2, 0) is 17.6 Å². The molecule has 102 valence electrons. The third-order valence-corrected chi connectivity index (χ3v) is 4.88. The van der Waals surface area contributed by atoms with E-state index in [1.54, 1.807) is 11.3 Å². The molecule has 4 nitrogen and oxygen atoms in total. The van der Waals surface area contributed by atoms with Gasteiger partial charge in [0.25, 0.3) is 0 Å². The molecule has 0 aromatic carbocycles. The monoisotopic (exact) mass is 278 g/mol. The first-order valence-electron chi connectivity index (χ1n) is 6.68. The number of carboxylic acid groups (broad SMARTS) is 1. The van der Waals surface area contributed by atoms with Gasteiger partial charge in [0.2, 0.25) is 0 Å². The van der Waals surface area contributed by atoms with Crippen molar-refractivity contribution in [2.75, 3.05) is 18.0 Å². The lowest BCUT2D eigenvalue weighted by Crippen LogP contribution is -2.25. The third-order valence-electron chi connectivity index (χ3n) is 3.53. The molecule has 0 saturated carbocycles. The van der Waals surface area contributed by atoms with Crippen LogP contribution in [0.2, 0.25) is 0 Å². The molecular formula is C14H18N2O2S. The quantitative estimate of drug-likeness (QED) is 0.899. The predicted octanol–water partition coefficient (Wildman–Crippen LogP) is 2.80. The molecule has 0 unspecified atom stereocenters. The number of hydrogen-bond donors (Lipinski definition) is 1. The number of thiophene rings is 1. The number of rotatable bonds is 5. The molecule has 0 spiro atoms. The molecule has 1 aliphatic carbocycles. The van der Waals surface area contributed by atoms with E-state index in [4.69, 9.17) is 5.11 Å². The maximum Gasteiger partial charge on any atom is 0.305 e. The molecule has 1 heterocycles. The number of aliphatic carboxylic acids is 1. The van der Waals surface area contributed by atoms with Gasteiger partial charge < -0.3 is 10.0 Å². The maximum atomic E-state index is 10.7. The SMILES string of the molecule is CCN(CCC(=O)O)c1sc2c(c1C#N)CCCC2. The lowest BCUT2D eigenvalue weighted by molar-refractivity contribution is -0.136. The van der Waals surface area contributed by atoms with Crippen LogP contribution in [0.3, 0.4) is 0 Å². The largest absolute Gasteiger partial charge is 0.481 e. The van der Waals surface area contributed by atoms with Crippen LogP contribution in [0.15, 0.2) is 0 Å². The Balaban J connectivity index is 2.29. The fraction of sp³-hybridized carbons (Fsp3) is 0.571. The second-order valence-corrected chi connectivity index (χ2v) is 5.81. The molecule has 2 rings (SSSR count). The number of nitriles is 1. The Hall–Kier alpha value is -1.54. The second-order valence-electron chi connectivity index (χ2n) is 4.73. The lowest BCUT2D eigenvalue weighted by Gasteiger charge is -2.20. The summed E-state index contributed by atoms with van der Waals surface area (Å²) in [5.74, 6) is -0.793. The molecule has 0 atom stereocenters. The van der Waals surface area contributed by atoms with E-state index in [0.717, 1.165) is 36.4 Å². The van der Waals surface area contributed by atoms with E-state index >= 15 is 0 Å². The summed E-state index contributed by atoms with van der Waals surface area (Å²) in [6, 6.07) is 2.33. The summed E-state index contributed by atoms with van der Waals surface area (Å²) < 4.78 is 0. The predicted molar refractivity (Wildman–Crippen MR) is 75.8 cm³/mol. The first-order valence-corrected chi connectivity index (χ1v) is 7.50. The molecule has 0 saturated heterocycles. The molecule has 0 bridgehead atoms. The van der Waals surface area contributed by atoms with Crippen LogP contribution in [0, 0.1) is 11.3 Å². The van der Waals surface area contributed by atoms with Gasteiger partial charge in [-0.25, -0.2) is 0 Å². The van der Waals surface area contributed by atoms with Gasteiger partial charge in [-0.2, -0.15) is 5.26 Å². The van der Waals surface area contributed by atoms with Crippen molar-refractivity contribution in [1.29, 1.82) is 5.26 Å². The average molecular weight is 278 g/mol. The summed E-state index contributed by atoms with van der Waals surface area (Å²) in [6.45, 7) is 3.21. The van der Waals surface area contributed by atoms with Crippen molar-refractivity contribution >= 4 is 22.3 Å². The molecule has 0 amide bonds. The minimum Gasteiger partial charge on any atom is -0.481 e. The van der Waals surface area contributed by atoms with E-state index in [0.29, 0.717) is 6.54 Å². The zero-order valence-corrected chi connectivity index (χ0v) is 11.9. The van der Waals surface area contributed by atoms with E-state index in [9.17, 15) is 10.1 Å². The van der Waals surface area contributed by atoms with Crippen LogP contribution in [0.1, 0.15) is 42.2 Å². The van der Waals surface area contributed by atoms with Crippen molar-refractivity contribution in [2.45, 2.75) is 39.0 Å². The van der Waals surface area contributed by atoms with Gasteiger partial charge in [0, 0.05) is 18.0 Å². The van der Waals surface area contributed by atoms with Gasteiger partial charge in [0.1, 0.15) is 11.1 Å². The standard InChI is InChI=1S/C14H18N2O2S/c1-2-16(8-7-13(17)18)14-11(9-15)10-5-3-4-6-12(10)19-14/h2-8H2,1H3,(H,17,18). The topological polar surface area (TPSA) is 64.3 Å². The zero-order chi connectivity index (χ0) is 13.8. The Morgan fingerprint density at radius 3 is 2.84 bits per heavy atom. The maximum absolute atomic E-state index is 10.7. The molecule has 5 heteroatoms. The number of fused-ring (bicyclic) bond motifs is 1. The van der Waals surface area contributed by atoms with E-state index in [1.165, 1.54) is 16.9 Å². The molecule has 0 aliphatic heterocycles. The van der Waals surface area contributed by atoms with Crippen LogP contribution in [-0.4, -0.2) is 24.2 Å². The minimum absolute atomic E-state index is 0.112. The van der Waals surface area contributed by atoms with Crippen molar-refractivity contribution in [1.82, 2.24) is 0 Å². The van der Waals surface area contributed by atoms with E-state index in [2.05, 4.69) is 6.07 Å². The minimum atomic E-state index is -0.793. The van der Waals surface area contributed by atoms with Gasteiger partial charge in [-0.1, -0.05) is 0 Å². The summed E-state index contributed by atoms with van der Waals surface area (Å²) in [5, 5.41) is 19.2. The van der Waals surface area contributed by atoms with Crippen molar-refractivity contribution in [2.24, 2.45) is 0 Å². The molecule has 1 N–H and O–H groups in total. The first kappa shape index (κ1) is 13.9. The molecule has 1 aromatic rings. The highest BCUT2D eigenvalue weighted by Gasteiger charge is 2.23. The van der Waals surface area contributed by atoms with E-state index in [1.807, 2.05) is 11.8 Å². The fourth-order valence-corrected chi connectivity index (χ4v) is 3.95.